The molecule has 2 unspecified atom stereocenters. The normalized spacial score (nSPS) is 20.3. The molecule has 0 bridgehead atoms. The summed E-state index contributed by atoms with van der Waals surface area (Å²) in [5.74, 6) is 2.50. The summed E-state index contributed by atoms with van der Waals surface area (Å²) in [5.41, 5.74) is 0.811. The minimum absolute atomic E-state index is 0. The predicted molar refractivity (Wildman–Crippen MR) is 104 cm³/mol. The Balaban J connectivity index is 0.00000225. The van der Waals surface area contributed by atoms with Gasteiger partial charge < -0.3 is 20.1 Å². The summed E-state index contributed by atoms with van der Waals surface area (Å²) in [6.07, 6.45) is 4.96. The Morgan fingerprint density at radius 1 is 1.36 bits per heavy atom. The molecule has 1 fully saturated rings. The van der Waals surface area contributed by atoms with Crippen molar-refractivity contribution in [1.29, 1.82) is 0 Å². The van der Waals surface area contributed by atoms with Crippen molar-refractivity contribution in [3.63, 3.8) is 0 Å². The van der Waals surface area contributed by atoms with E-state index in [4.69, 9.17) is 9.47 Å². The molecule has 7 heteroatoms. The summed E-state index contributed by atoms with van der Waals surface area (Å²) in [6, 6.07) is 3.83. The Bertz CT molecular complexity index is 594. The zero-order chi connectivity index (χ0) is 16.9. The van der Waals surface area contributed by atoms with Crippen molar-refractivity contribution in [3.8, 4) is 11.5 Å². The standard InChI is InChI=1S/C18H26N2O3S.ClH/c1-12(13-4-3-5-19-11-13)8-18(21)20-14-9-15-16(10-17(14)24-2)23-7-6-22-15;/h9-10,12-13,19H,3-8,11H2,1-2H3,(H,20,21);1H. The van der Waals surface area contributed by atoms with Gasteiger partial charge in [0.1, 0.15) is 13.2 Å². The highest BCUT2D eigenvalue weighted by Gasteiger charge is 2.23. The van der Waals surface area contributed by atoms with Crippen LogP contribution in [0.2, 0.25) is 0 Å². The van der Waals surface area contributed by atoms with Crippen LogP contribution in [0.25, 0.3) is 0 Å². The number of carbonyl (C=O) groups is 1. The fraction of sp³-hybridized carbons (Fsp3) is 0.611. The molecule has 0 saturated carbocycles. The van der Waals surface area contributed by atoms with E-state index in [1.807, 2.05) is 18.4 Å². The first kappa shape index (κ1) is 20.2. The van der Waals surface area contributed by atoms with Gasteiger partial charge in [-0.05, 0) is 50.1 Å². The summed E-state index contributed by atoms with van der Waals surface area (Å²) in [4.78, 5) is 13.5. The van der Waals surface area contributed by atoms with Crippen molar-refractivity contribution in [1.82, 2.24) is 5.32 Å². The summed E-state index contributed by atoms with van der Waals surface area (Å²) >= 11 is 1.60. The highest BCUT2D eigenvalue weighted by molar-refractivity contribution is 7.98. The molecule has 1 aromatic rings. The number of thioether (sulfide) groups is 1. The molecule has 2 heterocycles. The van der Waals surface area contributed by atoms with Gasteiger partial charge in [-0.25, -0.2) is 0 Å². The van der Waals surface area contributed by atoms with Crippen LogP contribution >= 0.6 is 24.2 Å². The van der Waals surface area contributed by atoms with Gasteiger partial charge in [0.2, 0.25) is 5.91 Å². The molecular weight excluding hydrogens is 360 g/mol. The second-order valence-corrected chi connectivity index (χ2v) is 7.38. The molecule has 2 N–H and O–H groups in total. The summed E-state index contributed by atoms with van der Waals surface area (Å²) < 4.78 is 11.2. The maximum atomic E-state index is 12.5. The molecule has 0 aliphatic carbocycles. The van der Waals surface area contributed by atoms with Crippen molar-refractivity contribution in [2.24, 2.45) is 11.8 Å². The van der Waals surface area contributed by atoms with Gasteiger partial charge in [-0.2, -0.15) is 0 Å². The lowest BCUT2D eigenvalue weighted by atomic mass is 9.85. The van der Waals surface area contributed by atoms with Crippen molar-refractivity contribution < 1.29 is 14.3 Å². The van der Waals surface area contributed by atoms with Crippen molar-refractivity contribution in [2.75, 3.05) is 37.9 Å². The van der Waals surface area contributed by atoms with E-state index in [0.717, 1.165) is 29.4 Å². The van der Waals surface area contributed by atoms with Crippen LogP contribution in [0.5, 0.6) is 11.5 Å². The number of benzene rings is 1. The molecule has 2 aliphatic heterocycles. The number of fused-ring (bicyclic) bond motifs is 1. The van der Waals surface area contributed by atoms with Crippen LogP contribution in [0, 0.1) is 11.8 Å². The van der Waals surface area contributed by atoms with Crippen LogP contribution in [0.15, 0.2) is 17.0 Å². The SMILES string of the molecule is CSc1cc2c(cc1NC(=O)CC(C)C1CCCNC1)OCCO2.Cl. The molecule has 0 radical (unpaired) electrons. The van der Waals surface area contributed by atoms with Gasteiger partial charge in [0, 0.05) is 17.4 Å². The van der Waals surface area contributed by atoms with E-state index in [0.29, 0.717) is 37.2 Å². The molecule has 1 saturated heterocycles. The number of amides is 1. The number of hydrogen-bond donors (Lipinski definition) is 2. The summed E-state index contributed by atoms with van der Waals surface area (Å²) in [7, 11) is 0. The molecule has 2 aliphatic rings. The Labute approximate surface area is 160 Å². The van der Waals surface area contributed by atoms with Crippen LogP contribution in [0.4, 0.5) is 5.69 Å². The summed E-state index contributed by atoms with van der Waals surface area (Å²) in [6.45, 7) is 5.42. The lowest BCUT2D eigenvalue weighted by Gasteiger charge is -2.28. The lowest BCUT2D eigenvalue weighted by molar-refractivity contribution is -0.117. The van der Waals surface area contributed by atoms with Gasteiger partial charge >= 0.3 is 0 Å². The molecule has 0 aromatic heterocycles. The number of rotatable bonds is 5. The first-order valence-corrected chi connectivity index (χ1v) is 9.88. The second kappa shape index (κ2) is 9.55. The number of nitrogens with one attached hydrogen (secondary N) is 2. The number of carbonyl (C=O) groups excluding carboxylic acids is 1. The number of halogens is 1. The van der Waals surface area contributed by atoms with E-state index in [1.165, 1.54) is 12.8 Å². The predicted octanol–water partition coefficient (Wildman–Crippen LogP) is 3.57. The molecule has 1 amide bonds. The second-order valence-electron chi connectivity index (χ2n) is 6.53. The average molecular weight is 387 g/mol. The minimum atomic E-state index is 0. The van der Waals surface area contributed by atoms with E-state index >= 15 is 0 Å². The van der Waals surface area contributed by atoms with Gasteiger partial charge in [-0.1, -0.05) is 6.92 Å². The number of anilines is 1. The molecule has 3 rings (SSSR count). The van der Waals surface area contributed by atoms with Crippen molar-refractivity contribution in [2.45, 2.75) is 31.1 Å². The monoisotopic (exact) mass is 386 g/mol. The maximum Gasteiger partial charge on any atom is 0.224 e. The summed E-state index contributed by atoms with van der Waals surface area (Å²) in [5, 5.41) is 6.49. The average Bonchev–Trinajstić information content (AvgIpc) is 2.61. The van der Waals surface area contributed by atoms with Crippen molar-refractivity contribution >= 4 is 35.8 Å². The Morgan fingerprint density at radius 3 is 2.72 bits per heavy atom. The zero-order valence-corrected chi connectivity index (χ0v) is 16.4. The third-order valence-electron chi connectivity index (χ3n) is 4.79. The van der Waals surface area contributed by atoms with E-state index < -0.39 is 0 Å². The lowest BCUT2D eigenvalue weighted by Crippen LogP contribution is -2.34. The van der Waals surface area contributed by atoms with Gasteiger partial charge in [-0.15, -0.1) is 24.2 Å². The molecule has 140 valence electrons. The van der Waals surface area contributed by atoms with E-state index in [-0.39, 0.29) is 18.3 Å². The third-order valence-corrected chi connectivity index (χ3v) is 5.56. The van der Waals surface area contributed by atoms with Gasteiger partial charge in [0.15, 0.2) is 11.5 Å². The molecule has 2 atom stereocenters. The van der Waals surface area contributed by atoms with Crippen LogP contribution in [0.3, 0.4) is 0 Å². The van der Waals surface area contributed by atoms with E-state index in [9.17, 15) is 4.79 Å². The molecule has 1 aromatic carbocycles. The van der Waals surface area contributed by atoms with Gasteiger partial charge in [-0.3, -0.25) is 4.79 Å². The van der Waals surface area contributed by atoms with Crippen LogP contribution in [-0.4, -0.2) is 38.5 Å². The number of hydrogen-bond acceptors (Lipinski definition) is 5. The number of piperidine rings is 1. The molecule has 25 heavy (non-hydrogen) atoms. The van der Waals surface area contributed by atoms with Gasteiger partial charge in [0.25, 0.3) is 0 Å². The maximum absolute atomic E-state index is 12.5. The van der Waals surface area contributed by atoms with Crippen LogP contribution < -0.4 is 20.1 Å². The largest absolute Gasteiger partial charge is 0.486 e. The van der Waals surface area contributed by atoms with E-state index in [2.05, 4.69) is 17.6 Å². The third kappa shape index (κ3) is 5.19. The highest BCUT2D eigenvalue weighted by atomic mass is 35.5. The first-order valence-electron chi connectivity index (χ1n) is 8.65. The fourth-order valence-corrected chi connectivity index (χ4v) is 3.92. The van der Waals surface area contributed by atoms with Gasteiger partial charge in [0.05, 0.1) is 5.69 Å². The minimum Gasteiger partial charge on any atom is -0.486 e. The topological polar surface area (TPSA) is 59.6 Å². The Morgan fingerprint density at radius 2 is 2.08 bits per heavy atom. The smallest absolute Gasteiger partial charge is 0.224 e. The van der Waals surface area contributed by atoms with Crippen molar-refractivity contribution in [3.05, 3.63) is 12.1 Å². The molecule has 5 nitrogen and oxygen atoms in total. The Kier molecular flexibility index (Phi) is 7.72. The highest BCUT2D eigenvalue weighted by Crippen LogP contribution is 2.39. The van der Waals surface area contributed by atoms with E-state index in [1.54, 1.807) is 11.8 Å². The number of ether oxygens (including phenoxy) is 2. The molecular formula is C18H27ClN2O3S. The zero-order valence-electron chi connectivity index (χ0n) is 14.8. The Hall–Kier alpha value is -1.11. The first-order chi connectivity index (χ1) is 11.7. The van der Waals surface area contributed by atoms with Crippen LogP contribution in [-0.2, 0) is 4.79 Å². The molecule has 0 spiro atoms. The fourth-order valence-electron chi connectivity index (χ4n) is 3.36. The quantitative estimate of drug-likeness (QED) is 0.757. The van der Waals surface area contributed by atoms with Crippen LogP contribution in [0.1, 0.15) is 26.2 Å².